The summed E-state index contributed by atoms with van der Waals surface area (Å²) in [7, 11) is 0. The first kappa shape index (κ1) is 17.9. The fraction of sp³-hybridized carbons (Fsp3) is 0.444. The summed E-state index contributed by atoms with van der Waals surface area (Å²) in [4.78, 5) is 14.5. The molecule has 3 aliphatic rings. The van der Waals surface area contributed by atoms with Gasteiger partial charge in [0.25, 0.3) is 0 Å². The van der Waals surface area contributed by atoms with Gasteiger partial charge in [0.05, 0.1) is 30.7 Å². The van der Waals surface area contributed by atoms with E-state index in [2.05, 4.69) is 16.6 Å². The van der Waals surface area contributed by atoms with Crippen LogP contribution < -0.4 is 25.0 Å². The number of benzene rings is 1. The summed E-state index contributed by atoms with van der Waals surface area (Å²) < 4.78 is 10.8. The van der Waals surface area contributed by atoms with Gasteiger partial charge < -0.3 is 35.2 Å². The van der Waals surface area contributed by atoms with E-state index in [1.807, 2.05) is 6.07 Å². The van der Waals surface area contributed by atoms with E-state index in [-0.39, 0.29) is 25.7 Å². The zero-order chi connectivity index (χ0) is 19.1. The number of ether oxygens (including phenoxy) is 2. The molecule has 5 atom stereocenters. The summed E-state index contributed by atoms with van der Waals surface area (Å²) in [6.07, 6.45) is 3.24. The van der Waals surface area contributed by atoms with Crippen LogP contribution in [0.3, 0.4) is 0 Å². The average molecular weight is 389 g/mol. The Kier molecular flexibility index (Phi) is 4.55. The van der Waals surface area contributed by atoms with E-state index < -0.39 is 30.2 Å². The largest absolute Gasteiger partial charge is 0.454 e. The number of amides is 1. The average Bonchev–Trinajstić information content (AvgIpc) is 3.26. The van der Waals surface area contributed by atoms with Crippen LogP contribution >= 0.6 is 12.2 Å². The van der Waals surface area contributed by atoms with Crippen LogP contribution in [0.25, 0.3) is 0 Å². The Bertz CT molecular complexity index is 826. The molecular weight excluding hydrogens is 370 g/mol. The van der Waals surface area contributed by atoms with Crippen LogP contribution in [0.1, 0.15) is 6.42 Å². The molecule has 9 heteroatoms. The molecule has 1 saturated carbocycles. The molecule has 1 amide bonds. The van der Waals surface area contributed by atoms with Gasteiger partial charge in [-0.25, -0.2) is 0 Å². The normalized spacial score (nSPS) is 31.1. The molecule has 2 aliphatic heterocycles. The highest BCUT2D eigenvalue weighted by Gasteiger charge is 2.54. The minimum absolute atomic E-state index is 0.0905. The lowest BCUT2D eigenvalue weighted by Gasteiger charge is -2.41. The first-order valence-electron chi connectivity index (χ1n) is 8.58. The first-order valence-corrected chi connectivity index (χ1v) is 8.98. The second-order valence-corrected chi connectivity index (χ2v) is 7.08. The number of terminal acetylenes is 1. The lowest BCUT2D eigenvalue weighted by atomic mass is 9.77. The van der Waals surface area contributed by atoms with Gasteiger partial charge >= 0.3 is 0 Å². The molecule has 1 aromatic rings. The van der Waals surface area contributed by atoms with Gasteiger partial charge in [-0.1, -0.05) is 5.92 Å². The molecule has 27 heavy (non-hydrogen) atoms. The monoisotopic (exact) mass is 389 g/mol. The highest BCUT2D eigenvalue weighted by molar-refractivity contribution is 7.80. The Morgan fingerprint density at radius 2 is 2.19 bits per heavy atom. The van der Waals surface area contributed by atoms with Gasteiger partial charge in [0, 0.05) is 11.8 Å². The number of thiocarbonyl (C=S) groups is 1. The molecule has 4 N–H and O–H groups in total. The number of fused-ring (bicyclic) bond motifs is 2. The molecule has 0 spiro atoms. The van der Waals surface area contributed by atoms with E-state index in [0.717, 1.165) is 0 Å². The number of rotatable bonds is 3. The molecule has 0 unspecified atom stereocenters. The second-order valence-electron chi connectivity index (χ2n) is 6.70. The second kappa shape index (κ2) is 6.88. The number of anilines is 1. The predicted molar refractivity (Wildman–Crippen MR) is 100 cm³/mol. The van der Waals surface area contributed by atoms with Crippen LogP contribution in [0, 0.1) is 18.3 Å². The molecule has 1 aromatic carbocycles. The number of carbonyl (C=O) groups excluding carboxylic acids is 1. The van der Waals surface area contributed by atoms with Crippen molar-refractivity contribution in [2.24, 2.45) is 5.92 Å². The third kappa shape index (κ3) is 2.96. The smallest absolute Gasteiger partial charge is 0.231 e. The molecule has 0 radical (unpaired) electrons. The van der Waals surface area contributed by atoms with Crippen molar-refractivity contribution in [2.75, 3.05) is 18.2 Å². The Morgan fingerprint density at radius 1 is 1.41 bits per heavy atom. The molecule has 0 aromatic heterocycles. The van der Waals surface area contributed by atoms with Crippen molar-refractivity contribution in [2.45, 2.75) is 30.7 Å². The molecule has 4 rings (SSSR count). The quantitative estimate of drug-likeness (QED) is 0.399. The summed E-state index contributed by atoms with van der Waals surface area (Å²) in [5.74, 6) is 2.69. The molecule has 2 fully saturated rings. The molecule has 2 heterocycles. The summed E-state index contributed by atoms with van der Waals surface area (Å²) in [6.45, 7) is 0.239. The highest BCUT2D eigenvalue weighted by atomic mass is 32.1. The van der Waals surface area contributed by atoms with Crippen LogP contribution in [-0.2, 0) is 4.79 Å². The van der Waals surface area contributed by atoms with Crippen LogP contribution in [0.4, 0.5) is 5.69 Å². The summed E-state index contributed by atoms with van der Waals surface area (Å²) in [6, 6.07) is 4.31. The molecule has 142 valence electrons. The van der Waals surface area contributed by atoms with E-state index in [9.17, 15) is 15.0 Å². The van der Waals surface area contributed by atoms with Crippen LogP contribution in [0.5, 0.6) is 11.5 Å². The Balaban J connectivity index is 1.70. The van der Waals surface area contributed by atoms with Crippen LogP contribution in [-0.4, -0.2) is 58.9 Å². The number of aliphatic hydroxyl groups excluding tert-OH is 2. The first-order chi connectivity index (χ1) is 13.0. The fourth-order valence-corrected chi connectivity index (χ4v) is 4.31. The van der Waals surface area contributed by atoms with Gasteiger partial charge in [-0.15, -0.1) is 6.42 Å². The maximum Gasteiger partial charge on any atom is 0.231 e. The SMILES string of the molecule is C#CCNC(=O)[C@@H]1C[C@@H](O)[C@H](O)[C@@H]2NC(=S)N(c3ccc4c(c3)OCO4)[C@@H]21. The Labute approximate surface area is 161 Å². The zero-order valence-corrected chi connectivity index (χ0v) is 15.1. The van der Waals surface area contributed by atoms with Gasteiger partial charge in [-0.3, -0.25) is 4.79 Å². The molecule has 1 aliphatic carbocycles. The highest BCUT2D eigenvalue weighted by Crippen LogP contribution is 2.40. The van der Waals surface area contributed by atoms with Gasteiger partial charge in [0.2, 0.25) is 12.7 Å². The van der Waals surface area contributed by atoms with Crippen molar-refractivity contribution < 1.29 is 24.5 Å². The topological polar surface area (TPSA) is 103 Å². The van der Waals surface area contributed by atoms with Crippen molar-refractivity contribution in [1.82, 2.24) is 10.6 Å². The van der Waals surface area contributed by atoms with E-state index in [4.69, 9.17) is 28.1 Å². The fourth-order valence-electron chi connectivity index (χ4n) is 3.95. The van der Waals surface area contributed by atoms with Crippen molar-refractivity contribution in [3.8, 4) is 23.8 Å². The van der Waals surface area contributed by atoms with Gasteiger partial charge in [0.1, 0.15) is 6.10 Å². The predicted octanol–water partition coefficient (Wildman–Crippen LogP) is -0.662. The van der Waals surface area contributed by atoms with Crippen molar-refractivity contribution >= 4 is 28.9 Å². The van der Waals surface area contributed by atoms with E-state index in [0.29, 0.717) is 22.3 Å². The molecule has 1 saturated heterocycles. The number of carbonyl (C=O) groups is 1. The minimum atomic E-state index is -1.05. The lowest BCUT2D eigenvalue weighted by molar-refractivity contribution is -0.130. The molecular formula is C18H19N3O5S. The van der Waals surface area contributed by atoms with Gasteiger partial charge in [0.15, 0.2) is 16.6 Å². The Morgan fingerprint density at radius 3 is 2.96 bits per heavy atom. The number of aliphatic hydroxyl groups is 2. The molecule has 0 bridgehead atoms. The van der Waals surface area contributed by atoms with E-state index in [1.165, 1.54) is 0 Å². The lowest BCUT2D eigenvalue weighted by Crippen LogP contribution is -2.61. The number of hydrogen-bond acceptors (Lipinski definition) is 6. The standard InChI is InChI=1S/C18H19N3O5S/c1-2-5-19-17(24)10-7-11(22)16(23)14-15(10)21(18(27)20-14)9-3-4-12-13(6-9)26-8-25-12/h1,3-4,6,10-11,14-16,22-23H,5,7-8H2,(H,19,24)(H,20,27)/t10-,11-,14-,15-,16+/m1/s1. The number of nitrogens with one attached hydrogen (secondary N) is 2. The van der Waals surface area contributed by atoms with Crippen molar-refractivity contribution in [3.63, 3.8) is 0 Å². The summed E-state index contributed by atoms with van der Waals surface area (Å²) in [5, 5.41) is 26.8. The van der Waals surface area contributed by atoms with Crippen LogP contribution in [0.2, 0.25) is 0 Å². The van der Waals surface area contributed by atoms with Crippen LogP contribution in [0.15, 0.2) is 18.2 Å². The minimum Gasteiger partial charge on any atom is -0.454 e. The Hall–Kier alpha value is -2.54. The maximum absolute atomic E-state index is 12.7. The van der Waals surface area contributed by atoms with E-state index >= 15 is 0 Å². The molecule has 8 nitrogen and oxygen atoms in total. The van der Waals surface area contributed by atoms with Crippen molar-refractivity contribution in [1.29, 1.82) is 0 Å². The third-order valence-electron chi connectivity index (χ3n) is 5.18. The number of hydrogen-bond donors (Lipinski definition) is 4. The van der Waals surface area contributed by atoms with Crippen molar-refractivity contribution in [3.05, 3.63) is 18.2 Å². The zero-order valence-electron chi connectivity index (χ0n) is 14.3. The van der Waals surface area contributed by atoms with Gasteiger partial charge in [-0.05, 0) is 30.8 Å². The number of nitrogens with zero attached hydrogens (tertiary/aromatic N) is 1. The van der Waals surface area contributed by atoms with E-state index in [1.54, 1.807) is 17.0 Å². The summed E-state index contributed by atoms with van der Waals surface area (Å²) >= 11 is 5.47. The maximum atomic E-state index is 12.7. The van der Waals surface area contributed by atoms with Gasteiger partial charge in [-0.2, -0.15) is 0 Å². The third-order valence-corrected chi connectivity index (χ3v) is 5.50. The summed E-state index contributed by atoms with van der Waals surface area (Å²) in [5.41, 5.74) is 0.711.